The third-order valence-corrected chi connectivity index (χ3v) is 4.85. The summed E-state index contributed by atoms with van der Waals surface area (Å²) in [4.78, 5) is 40.1. The van der Waals surface area contributed by atoms with E-state index >= 15 is 0 Å². The average Bonchev–Trinajstić information content (AvgIpc) is 2.58. The third-order valence-electron chi connectivity index (χ3n) is 4.85. The summed E-state index contributed by atoms with van der Waals surface area (Å²) < 4.78 is 0. The van der Waals surface area contributed by atoms with Crippen molar-refractivity contribution < 1.29 is 14.4 Å². The highest BCUT2D eigenvalue weighted by atomic mass is 16.2. The normalized spacial score (nSPS) is 22.0. The minimum atomic E-state index is -0.403. The monoisotopic (exact) mass is 352 g/mol. The van der Waals surface area contributed by atoms with Crippen LogP contribution in [0.25, 0.3) is 0 Å². The molecular weight excluding hydrogens is 320 g/mol. The number of piperidine rings is 1. The Morgan fingerprint density at radius 1 is 1.28 bits per heavy atom. The van der Waals surface area contributed by atoms with Crippen molar-refractivity contribution in [3.63, 3.8) is 0 Å². The largest absolute Gasteiger partial charge is 0.356 e. The first-order chi connectivity index (χ1) is 11.8. The standard InChI is InChI=1S/C18H32N4O3/c1-18(2,3)17(25)20-8-4-7-15(23)21-10-5-6-14(13-21)22-11-9-19-12-16(22)24/h14,19H,4-13H2,1-3H3,(H,20,25). The highest BCUT2D eigenvalue weighted by Crippen LogP contribution is 2.18. The van der Waals surface area contributed by atoms with Crippen LogP contribution in [0, 0.1) is 5.41 Å². The summed E-state index contributed by atoms with van der Waals surface area (Å²) in [5.41, 5.74) is -0.403. The van der Waals surface area contributed by atoms with Crippen molar-refractivity contribution in [2.24, 2.45) is 5.41 Å². The number of nitrogens with one attached hydrogen (secondary N) is 2. The van der Waals surface area contributed by atoms with Crippen molar-refractivity contribution in [3.05, 3.63) is 0 Å². The number of amides is 3. The van der Waals surface area contributed by atoms with Gasteiger partial charge >= 0.3 is 0 Å². The molecule has 2 heterocycles. The Hall–Kier alpha value is -1.63. The van der Waals surface area contributed by atoms with E-state index in [1.54, 1.807) is 0 Å². The Balaban J connectivity index is 1.74. The van der Waals surface area contributed by atoms with Gasteiger partial charge in [-0.1, -0.05) is 20.8 Å². The summed E-state index contributed by atoms with van der Waals surface area (Å²) in [6.45, 7) is 9.50. The molecule has 25 heavy (non-hydrogen) atoms. The number of carbonyl (C=O) groups excluding carboxylic acids is 3. The van der Waals surface area contributed by atoms with Crippen molar-refractivity contribution in [1.82, 2.24) is 20.4 Å². The summed E-state index contributed by atoms with van der Waals surface area (Å²) in [7, 11) is 0. The molecule has 2 saturated heterocycles. The first-order valence-electron chi connectivity index (χ1n) is 9.35. The fourth-order valence-electron chi connectivity index (χ4n) is 3.31. The van der Waals surface area contributed by atoms with Gasteiger partial charge in [-0.3, -0.25) is 14.4 Å². The molecule has 2 fully saturated rings. The molecule has 2 rings (SSSR count). The molecule has 2 N–H and O–H groups in total. The molecule has 0 aromatic carbocycles. The molecule has 7 heteroatoms. The topological polar surface area (TPSA) is 81.8 Å². The first-order valence-corrected chi connectivity index (χ1v) is 9.35. The van der Waals surface area contributed by atoms with Crippen LogP contribution in [0.3, 0.4) is 0 Å². The number of hydrogen-bond acceptors (Lipinski definition) is 4. The zero-order valence-corrected chi connectivity index (χ0v) is 15.8. The van der Waals surface area contributed by atoms with Gasteiger partial charge in [0.25, 0.3) is 0 Å². The van der Waals surface area contributed by atoms with Crippen molar-refractivity contribution in [3.8, 4) is 0 Å². The van der Waals surface area contributed by atoms with Crippen LogP contribution in [-0.4, -0.2) is 72.8 Å². The number of nitrogens with zero attached hydrogens (tertiary/aromatic N) is 2. The highest BCUT2D eigenvalue weighted by molar-refractivity contribution is 5.81. The second-order valence-corrected chi connectivity index (χ2v) is 8.01. The van der Waals surface area contributed by atoms with Crippen molar-refractivity contribution in [2.45, 2.75) is 52.5 Å². The summed E-state index contributed by atoms with van der Waals surface area (Å²) in [5.74, 6) is 0.267. The van der Waals surface area contributed by atoms with Gasteiger partial charge < -0.3 is 20.4 Å². The lowest BCUT2D eigenvalue weighted by molar-refractivity contribution is -0.140. The van der Waals surface area contributed by atoms with Crippen LogP contribution in [-0.2, 0) is 14.4 Å². The van der Waals surface area contributed by atoms with Crippen LogP contribution >= 0.6 is 0 Å². The molecule has 3 amide bonds. The van der Waals surface area contributed by atoms with E-state index in [9.17, 15) is 14.4 Å². The predicted molar refractivity (Wildman–Crippen MR) is 95.9 cm³/mol. The minimum Gasteiger partial charge on any atom is -0.356 e. The Kier molecular flexibility index (Phi) is 6.81. The van der Waals surface area contributed by atoms with Gasteiger partial charge in [-0.05, 0) is 19.3 Å². The number of piperazine rings is 1. The summed E-state index contributed by atoms with van der Waals surface area (Å²) in [6, 6.07) is 0.146. The number of carbonyl (C=O) groups is 3. The quantitative estimate of drug-likeness (QED) is 0.700. The molecule has 2 aliphatic rings. The third kappa shape index (κ3) is 5.70. The maximum Gasteiger partial charge on any atom is 0.236 e. The van der Waals surface area contributed by atoms with E-state index in [-0.39, 0.29) is 23.8 Å². The predicted octanol–water partition coefficient (Wildman–Crippen LogP) is 0.352. The van der Waals surface area contributed by atoms with Gasteiger partial charge in [0.15, 0.2) is 0 Å². The second-order valence-electron chi connectivity index (χ2n) is 8.01. The van der Waals surface area contributed by atoms with Crippen LogP contribution in [0.4, 0.5) is 0 Å². The molecule has 1 atom stereocenters. The van der Waals surface area contributed by atoms with E-state index < -0.39 is 5.41 Å². The lowest BCUT2D eigenvalue weighted by atomic mass is 9.96. The summed E-state index contributed by atoms with van der Waals surface area (Å²) in [5, 5.41) is 5.96. The van der Waals surface area contributed by atoms with Crippen LogP contribution in [0.15, 0.2) is 0 Å². The molecule has 0 aromatic rings. The van der Waals surface area contributed by atoms with Crippen LogP contribution < -0.4 is 10.6 Å². The molecule has 2 aliphatic heterocycles. The van der Waals surface area contributed by atoms with Crippen molar-refractivity contribution in [1.29, 1.82) is 0 Å². The van der Waals surface area contributed by atoms with E-state index in [1.165, 1.54) is 0 Å². The van der Waals surface area contributed by atoms with E-state index in [0.717, 1.165) is 32.5 Å². The Bertz CT molecular complexity index is 501. The number of likely N-dealkylation sites (tertiary alicyclic amines) is 1. The second kappa shape index (κ2) is 8.65. The Labute approximate surface area is 150 Å². The zero-order chi connectivity index (χ0) is 18.4. The van der Waals surface area contributed by atoms with Crippen LogP contribution in [0.5, 0.6) is 0 Å². The lowest BCUT2D eigenvalue weighted by Gasteiger charge is -2.41. The molecule has 0 radical (unpaired) electrons. The smallest absolute Gasteiger partial charge is 0.236 e. The Morgan fingerprint density at radius 2 is 2.04 bits per heavy atom. The molecule has 7 nitrogen and oxygen atoms in total. The van der Waals surface area contributed by atoms with Gasteiger partial charge in [-0.2, -0.15) is 0 Å². The fraction of sp³-hybridized carbons (Fsp3) is 0.833. The summed E-state index contributed by atoms with van der Waals surface area (Å²) >= 11 is 0. The van der Waals surface area contributed by atoms with Gasteiger partial charge in [0, 0.05) is 50.6 Å². The zero-order valence-electron chi connectivity index (χ0n) is 15.8. The summed E-state index contributed by atoms with van der Waals surface area (Å²) in [6.07, 6.45) is 2.99. The van der Waals surface area contributed by atoms with Crippen LogP contribution in [0.1, 0.15) is 46.5 Å². The van der Waals surface area contributed by atoms with Crippen LogP contribution in [0.2, 0.25) is 0 Å². The maximum atomic E-state index is 12.4. The fourth-order valence-corrected chi connectivity index (χ4v) is 3.31. The number of rotatable bonds is 5. The Morgan fingerprint density at radius 3 is 2.72 bits per heavy atom. The van der Waals surface area contributed by atoms with E-state index in [0.29, 0.717) is 32.5 Å². The molecule has 142 valence electrons. The SMILES string of the molecule is CC(C)(C)C(=O)NCCCC(=O)N1CCCC(N2CCNCC2=O)C1. The average molecular weight is 352 g/mol. The van der Waals surface area contributed by atoms with Gasteiger partial charge in [-0.25, -0.2) is 0 Å². The van der Waals surface area contributed by atoms with E-state index in [1.807, 2.05) is 30.6 Å². The maximum absolute atomic E-state index is 12.4. The molecule has 1 unspecified atom stereocenters. The van der Waals surface area contributed by atoms with Crippen molar-refractivity contribution in [2.75, 3.05) is 39.3 Å². The molecule has 0 aromatic heterocycles. The van der Waals surface area contributed by atoms with E-state index in [2.05, 4.69) is 10.6 Å². The number of hydrogen-bond donors (Lipinski definition) is 2. The van der Waals surface area contributed by atoms with Gasteiger partial charge in [0.1, 0.15) is 0 Å². The van der Waals surface area contributed by atoms with Gasteiger partial charge in [0.05, 0.1) is 6.54 Å². The molecule has 0 bridgehead atoms. The molecule has 0 aliphatic carbocycles. The van der Waals surface area contributed by atoms with Gasteiger partial charge in [0.2, 0.25) is 17.7 Å². The van der Waals surface area contributed by atoms with E-state index in [4.69, 9.17) is 0 Å². The van der Waals surface area contributed by atoms with Crippen molar-refractivity contribution >= 4 is 17.7 Å². The minimum absolute atomic E-state index is 0.00945. The highest BCUT2D eigenvalue weighted by Gasteiger charge is 2.31. The molecular formula is C18H32N4O3. The molecule has 0 spiro atoms. The molecule has 0 saturated carbocycles. The van der Waals surface area contributed by atoms with Gasteiger partial charge in [-0.15, -0.1) is 0 Å². The first kappa shape index (κ1) is 19.7. The lowest BCUT2D eigenvalue weighted by Crippen LogP contribution is -2.57.